The Hall–Kier alpha value is -1.28. The molecule has 0 saturated heterocycles. The zero-order valence-electron chi connectivity index (χ0n) is 11.1. The number of hydrogen-bond acceptors (Lipinski definition) is 5. The van der Waals surface area contributed by atoms with E-state index in [9.17, 15) is 13.2 Å². The van der Waals surface area contributed by atoms with Gasteiger partial charge in [-0.25, -0.2) is 13.2 Å². The molecule has 0 spiro atoms. The minimum atomic E-state index is -3.13. The van der Waals surface area contributed by atoms with Crippen molar-refractivity contribution in [2.75, 3.05) is 25.2 Å². The highest BCUT2D eigenvalue weighted by molar-refractivity contribution is 9.10. The zero-order chi connectivity index (χ0) is 15.3. The molecule has 112 valence electrons. The Morgan fingerprint density at radius 3 is 2.50 bits per heavy atom. The van der Waals surface area contributed by atoms with Crippen LogP contribution in [0.1, 0.15) is 17.3 Å². The van der Waals surface area contributed by atoms with Gasteiger partial charge in [-0.1, -0.05) is 0 Å². The molecule has 0 radical (unpaired) electrons. The van der Waals surface area contributed by atoms with Crippen LogP contribution in [0, 0.1) is 0 Å². The predicted molar refractivity (Wildman–Crippen MR) is 77.5 cm³/mol. The van der Waals surface area contributed by atoms with Gasteiger partial charge in [0.1, 0.15) is 6.61 Å². The molecule has 0 aliphatic carbocycles. The van der Waals surface area contributed by atoms with E-state index >= 15 is 0 Å². The van der Waals surface area contributed by atoms with E-state index in [0.717, 1.165) is 6.26 Å². The fraction of sp³-hybridized carbons (Fsp3) is 0.417. The van der Waals surface area contributed by atoms with E-state index in [2.05, 4.69) is 15.9 Å². The van der Waals surface area contributed by atoms with Crippen molar-refractivity contribution in [1.82, 2.24) is 0 Å². The number of carboxylic acid groups (broad SMARTS) is 1. The number of halogens is 1. The Balaban J connectivity index is 3.01. The van der Waals surface area contributed by atoms with Crippen LogP contribution in [0.15, 0.2) is 16.6 Å². The molecule has 0 saturated carbocycles. The maximum absolute atomic E-state index is 11.1. The summed E-state index contributed by atoms with van der Waals surface area (Å²) in [5.41, 5.74) is 0.0517. The molecule has 1 aromatic rings. The Labute approximate surface area is 125 Å². The molecule has 6 nitrogen and oxygen atoms in total. The molecule has 8 heteroatoms. The Morgan fingerprint density at radius 1 is 1.35 bits per heavy atom. The number of benzene rings is 1. The second-order valence-corrected chi connectivity index (χ2v) is 7.12. The smallest absolute Gasteiger partial charge is 0.335 e. The van der Waals surface area contributed by atoms with Crippen molar-refractivity contribution in [3.05, 3.63) is 22.2 Å². The van der Waals surface area contributed by atoms with E-state index < -0.39 is 15.8 Å². The number of hydrogen-bond donors (Lipinski definition) is 1. The van der Waals surface area contributed by atoms with Crippen molar-refractivity contribution >= 4 is 31.7 Å². The third-order valence-electron chi connectivity index (χ3n) is 2.26. The van der Waals surface area contributed by atoms with Gasteiger partial charge in [-0.2, -0.15) is 0 Å². The molecule has 20 heavy (non-hydrogen) atoms. The van der Waals surface area contributed by atoms with Crippen LogP contribution in [-0.4, -0.2) is 44.7 Å². The second kappa shape index (κ2) is 6.94. The van der Waals surface area contributed by atoms with E-state index in [1.165, 1.54) is 12.1 Å². The second-order valence-electron chi connectivity index (χ2n) is 4.00. The highest BCUT2D eigenvalue weighted by atomic mass is 79.9. The summed E-state index contributed by atoms with van der Waals surface area (Å²) in [5.74, 6) is -0.672. The molecule has 0 atom stereocenters. The number of carbonyl (C=O) groups is 1. The summed E-state index contributed by atoms with van der Waals surface area (Å²) in [6.45, 7) is 2.05. The van der Waals surface area contributed by atoms with Gasteiger partial charge >= 0.3 is 5.97 Å². The highest BCUT2D eigenvalue weighted by Gasteiger charge is 2.16. The molecular weight excluding hydrogens is 352 g/mol. The van der Waals surface area contributed by atoms with Gasteiger partial charge in [0.2, 0.25) is 0 Å². The average molecular weight is 367 g/mol. The summed E-state index contributed by atoms with van der Waals surface area (Å²) < 4.78 is 33.2. The largest absolute Gasteiger partial charge is 0.490 e. The molecular formula is C12H15BrO6S. The van der Waals surface area contributed by atoms with Crippen molar-refractivity contribution < 1.29 is 27.8 Å². The number of aromatic carboxylic acids is 1. The third-order valence-corrected chi connectivity index (χ3v) is 3.75. The zero-order valence-corrected chi connectivity index (χ0v) is 13.5. The summed E-state index contributed by atoms with van der Waals surface area (Å²) in [6, 6.07) is 2.72. The van der Waals surface area contributed by atoms with E-state index in [-0.39, 0.29) is 23.7 Å². The Bertz CT molecular complexity index is 596. The minimum Gasteiger partial charge on any atom is -0.490 e. The molecule has 0 unspecified atom stereocenters. The molecule has 0 amide bonds. The molecule has 0 aliphatic rings. The third kappa shape index (κ3) is 5.01. The minimum absolute atomic E-state index is 0.0378. The van der Waals surface area contributed by atoms with Gasteiger partial charge in [-0.05, 0) is 35.0 Å². The predicted octanol–water partition coefficient (Wildman–Crippen LogP) is 1.97. The molecule has 0 bridgehead atoms. The number of sulfone groups is 1. The first-order valence-electron chi connectivity index (χ1n) is 5.74. The highest BCUT2D eigenvalue weighted by Crippen LogP contribution is 2.37. The molecule has 0 aromatic heterocycles. The number of rotatable bonds is 7. The molecule has 1 rings (SSSR count). The van der Waals surface area contributed by atoms with Gasteiger partial charge in [0.05, 0.1) is 22.4 Å². The van der Waals surface area contributed by atoms with Crippen LogP contribution in [-0.2, 0) is 9.84 Å². The fourth-order valence-electron chi connectivity index (χ4n) is 1.39. The first-order chi connectivity index (χ1) is 9.24. The molecule has 0 heterocycles. The van der Waals surface area contributed by atoms with Crippen molar-refractivity contribution in [2.24, 2.45) is 0 Å². The van der Waals surface area contributed by atoms with Gasteiger partial charge in [-0.3, -0.25) is 0 Å². The van der Waals surface area contributed by atoms with Crippen LogP contribution in [0.3, 0.4) is 0 Å². The van der Waals surface area contributed by atoms with Crippen LogP contribution in [0.5, 0.6) is 11.5 Å². The molecule has 0 fully saturated rings. The SMILES string of the molecule is CCOc1cc(C(=O)O)cc(Br)c1OCCS(C)(=O)=O. The summed E-state index contributed by atoms with van der Waals surface area (Å²) in [7, 11) is -3.13. The lowest BCUT2D eigenvalue weighted by molar-refractivity contribution is 0.0696. The van der Waals surface area contributed by atoms with Gasteiger partial charge in [-0.15, -0.1) is 0 Å². The quantitative estimate of drug-likeness (QED) is 0.793. The van der Waals surface area contributed by atoms with Crippen LogP contribution in [0.2, 0.25) is 0 Å². The van der Waals surface area contributed by atoms with Gasteiger partial charge < -0.3 is 14.6 Å². The summed E-state index contributed by atoms with van der Waals surface area (Å²) >= 11 is 3.20. The van der Waals surface area contributed by atoms with Crippen LogP contribution in [0.25, 0.3) is 0 Å². The van der Waals surface area contributed by atoms with Crippen molar-refractivity contribution in [3.8, 4) is 11.5 Å². The normalized spacial score (nSPS) is 11.2. The summed E-state index contributed by atoms with van der Waals surface area (Å²) in [5, 5.41) is 8.98. The van der Waals surface area contributed by atoms with E-state index in [4.69, 9.17) is 14.6 Å². The Kier molecular flexibility index (Phi) is 5.82. The van der Waals surface area contributed by atoms with E-state index in [0.29, 0.717) is 16.8 Å². The van der Waals surface area contributed by atoms with E-state index in [1.807, 2.05) is 0 Å². The lowest BCUT2D eigenvalue weighted by Crippen LogP contribution is -2.13. The molecule has 1 aromatic carbocycles. The van der Waals surface area contributed by atoms with E-state index in [1.54, 1.807) is 6.92 Å². The Morgan fingerprint density at radius 2 is 2.00 bits per heavy atom. The van der Waals surface area contributed by atoms with Crippen LogP contribution >= 0.6 is 15.9 Å². The fourth-order valence-corrected chi connectivity index (χ4v) is 2.33. The van der Waals surface area contributed by atoms with Crippen molar-refractivity contribution in [2.45, 2.75) is 6.92 Å². The summed E-state index contributed by atoms with van der Waals surface area (Å²) in [6.07, 6.45) is 1.11. The molecule has 1 N–H and O–H groups in total. The van der Waals surface area contributed by atoms with Gasteiger partial charge in [0.15, 0.2) is 21.3 Å². The van der Waals surface area contributed by atoms with Crippen molar-refractivity contribution in [3.63, 3.8) is 0 Å². The first kappa shape index (κ1) is 16.8. The number of ether oxygens (including phenoxy) is 2. The lowest BCUT2D eigenvalue weighted by atomic mass is 10.2. The van der Waals surface area contributed by atoms with Crippen LogP contribution in [0.4, 0.5) is 0 Å². The maximum atomic E-state index is 11.1. The lowest BCUT2D eigenvalue weighted by Gasteiger charge is -2.14. The standard InChI is InChI=1S/C12H15BrO6S/c1-3-18-10-7-8(12(14)15)6-9(13)11(10)19-4-5-20(2,16)17/h6-7H,3-5H2,1-2H3,(H,14,15). The summed E-state index contributed by atoms with van der Waals surface area (Å²) in [4.78, 5) is 11.0. The topological polar surface area (TPSA) is 89.9 Å². The number of carboxylic acids is 1. The van der Waals surface area contributed by atoms with Gasteiger partial charge in [0, 0.05) is 6.26 Å². The maximum Gasteiger partial charge on any atom is 0.335 e. The first-order valence-corrected chi connectivity index (χ1v) is 8.60. The van der Waals surface area contributed by atoms with Crippen LogP contribution < -0.4 is 9.47 Å². The average Bonchev–Trinajstić information content (AvgIpc) is 2.30. The molecule has 0 aliphatic heterocycles. The van der Waals surface area contributed by atoms with Gasteiger partial charge in [0.25, 0.3) is 0 Å². The monoisotopic (exact) mass is 366 g/mol. The van der Waals surface area contributed by atoms with Crippen molar-refractivity contribution in [1.29, 1.82) is 0 Å².